The third-order valence-electron chi connectivity index (χ3n) is 2.44. The molecule has 0 radical (unpaired) electrons. The summed E-state index contributed by atoms with van der Waals surface area (Å²) in [5.41, 5.74) is 1.10. The lowest BCUT2D eigenvalue weighted by Crippen LogP contribution is -2.22. The molecule has 4 heteroatoms. The number of benzene rings is 1. The van der Waals surface area contributed by atoms with Crippen LogP contribution in [0, 0.1) is 0 Å². The molecule has 0 spiro atoms. The van der Waals surface area contributed by atoms with E-state index >= 15 is 0 Å². The van der Waals surface area contributed by atoms with Crippen LogP contribution in [0.4, 0.5) is 0 Å². The third-order valence-corrected chi connectivity index (χ3v) is 2.44. The Bertz CT molecular complexity index is 310. The Morgan fingerprint density at radius 1 is 1.24 bits per heavy atom. The Balaban J connectivity index is 1.51. The molecule has 0 aliphatic carbocycles. The molecule has 1 N–H and O–H groups in total. The average Bonchev–Trinajstić information content (AvgIpc) is 3.14. The molecule has 1 aliphatic heterocycles. The summed E-state index contributed by atoms with van der Waals surface area (Å²) in [4.78, 5) is 0. The average molecular weight is 238 g/mol. The van der Waals surface area contributed by atoms with Crippen LogP contribution in [0.5, 0.6) is 0 Å². The first-order valence-electron chi connectivity index (χ1n) is 5.83. The van der Waals surface area contributed by atoms with E-state index in [-0.39, 0.29) is 6.10 Å². The van der Waals surface area contributed by atoms with Crippen molar-refractivity contribution in [2.45, 2.75) is 18.8 Å². The number of epoxide rings is 1. The first-order valence-corrected chi connectivity index (χ1v) is 5.83. The molecule has 1 aromatic rings. The van der Waals surface area contributed by atoms with Crippen molar-refractivity contribution in [1.29, 1.82) is 0 Å². The molecule has 0 amide bonds. The van der Waals surface area contributed by atoms with Crippen molar-refractivity contribution >= 4 is 0 Å². The van der Waals surface area contributed by atoms with Crippen LogP contribution in [0.15, 0.2) is 30.3 Å². The van der Waals surface area contributed by atoms with Crippen LogP contribution in [-0.4, -0.2) is 43.7 Å². The van der Waals surface area contributed by atoms with Crippen molar-refractivity contribution in [3.05, 3.63) is 35.9 Å². The zero-order valence-corrected chi connectivity index (χ0v) is 9.75. The topological polar surface area (TPSA) is 51.2 Å². The van der Waals surface area contributed by atoms with E-state index in [1.807, 2.05) is 30.3 Å². The van der Waals surface area contributed by atoms with Crippen LogP contribution in [0.1, 0.15) is 5.56 Å². The van der Waals surface area contributed by atoms with Gasteiger partial charge in [0.25, 0.3) is 0 Å². The van der Waals surface area contributed by atoms with Gasteiger partial charge in [0.1, 0.15) is 12.2 Å². The Kier molecular flexibility index (Phi) is 4.94. The maximum Gasteiger partial charge on any atom is 0.104 e. The minimum absolute atomic E-state index is 0.243. The van der Waals surface area contributed by atoms with Crippen molar-refractivity contribution in [2.24, 2.45) is 0 Å². The van der Waals surface area contributed by atoms with Gasteiger partial charge in [-0.1, -0.05) is 30.3 Å². The summed E-state index contributed by atoms with van der Waals surface area (Å²) in [6.45, 7) is 2.45. The van der Waals surface area contributed by atoms with E-state index in [0.29, 0.717) is 26.4 Å². The van der Waals surface area contributed by atoms with Crippen molar-refractivity contribution in [3.63, 3.8) is 0 Å². The van der Waals surface area contributed by atoms with E-state index in [4.69, 9.17) is 14.2 Å². The zero-order valence-electron chi connectivity index (χ0n) is 9.75. The second kappa shape index (κ2) is 6.71. The van der Waals surface area contributed by atoms with Crippen LogP contribution >= 0.6 is 0 Å². The van der Waals surface area contributed by atoms with Gasteiger partial charge >= 0.3 is 0 Å². The van der Waals surface area contributed by atoms with Crippen molar-refractivity contribution in [1.82, 2.24) is 0 Å². The van der Waals surface area contributed by atoms with Crippen LogP contribution in [0.2, 0.25) is 0 Å². The maximum atomic E-state index is 9.57. The van der Waals surface area contributed by atoms with E-state index in [2.05, 4.69) is 0 Å². The van der Waals surface area contributed by atoms with E-state index in [9.17, 15) is 5.11 Å². The molecule has 2 rings (SSSR count). The molecule has 2 atom stereocenters. The van der Waals surface area contributed by atoms with E-state index < -0.39 is 6.10 Å². The SMILES string of the molecule is OC(COCc1ccccc1)COCC1CO1. The van der Waals surface area contributed by atoms with Gasteiger partial charge in [-0.2, -0.15) is 0 Å². The molecule has 17 heavy (non-hydrogen) atoms. The quantitative estimate of drug-likeness (QED) is 0.686. The van der Waals surface area contributed by atoms with Crippen LogP contribution in [0.25, 0.3) is 0 Å². The second-order valence-corrected chi connectivity index (χ2v) is 4.15. The number of hydrogen-bond donors (Lipinski definition) is 1. The summed E-state index contributed by atoms with van der Waals surface area (Å²) in [6, 6.07) is 9.88. The van der Waals surface area contributed by atoms with E-state index in [1.165, 1.54) is 0 Å². The zero-order chi connectivity index (χ0) is 11.9. The Hall–Kier alpha value is -0.940. The van der Waals surface area contributed by atoms with Gasteiger partial charge in [0.15, 0.2) is 0 Å². The second-order valence-electron chi connectivity index (χ2n) is 4.15. The first kappa shape index (κ1) is 12.5. The van der Waals surface area contributed by atoms with Gasteiger partial charge in [-0.15, -0.1) is 0 Å². The smallest absolute Gasteiger partial charge is 0.104 e. The van der Waals surface area contributed by atoms with E-state index in [1.54, 1.807) is 0 Å². The minimum Gasteiger partial charge on any atom is -0.388 e. The van der Waals surface area contributed by atoms with Crippen molar-refractivity contribution in [3.8, 4) is 0 Å². The van der Waals surface area contributed by atoms with Gasteiger partial charge in [0.05, 0.1) is 33.0 Å². The highest BCUT2D eigenvalue weighted by Gasteiger charge is 2.22. The molecule has 2 unspecified atom stereocenters. The van der Waals surface area contributed by atoms with Gasteiger partial charge < -0.3 is 19.3 Å². The lowest BCUT2D eigenvalue weighted by Gasteiger charge is -2.11. The molecule has 1 fully saturated rings. The molecule has 4 nitrogen and oxygen atoms in total. The Morgan fingerprint density at radius 2 is 1.94 bits per heavy atom. The monoisotopic (exact) mass is 238 g/mol. The van der Waals surface area contributed by atoms with Crippen molar-refractivity contribution in [2.75, 3.05) is 26.4 Å². The van der Waals surface area contributed by atoms with Crippen LogP contribution < -0.4 is 0 Å². The van der Waals surface area contributed by atoms with Crippen LogP contribution in [0.3, 0.4) is 0 Å². The Labute approximate surface area is 101 Å². The number of rotatable bonds is 8. The third kappa shape index (κ3) is 5.28. The lowest BCUT2D eigenvalue weighted by molar-refractivity contribution is -0.0257. The molecule has 1 aromatic carbocycles. The number of ether oxygens (including phenoxy) is 3. The summed E-state index contributed by atoms with van der Waals surface area (Å²) in [7, 11) is 0. The number of aliphatic hydroxyl groups excluding tert-OH is 1. The van der Waals surface area contributed by atoms with E-state index in [0.717, 1.165) is 12.2 Å². The predicted molar refractivity (Wildman–Crippen MR) is 62.7 cm³/mol. The summed E-state index contributed by atoms with van der Waals surface area (Å²) in [5, 5.41) is 9.57. The fourth-order valence-corrected chi connectivity index (χ4v) is 1.43. The predicted octanol–water partition coefficient (Wildman–Crippen LogP) is 0.980. The summed E-state index contributed by atoms with van der Waals surface area (Å²) >= 11 is 0. The van der Waals surface area contributed by atoms with Gasteiger partial charge in [-0.3, -0.25) is 0 Å². The molecular formula is C13H18O4. The highest BCUT2D eigenvalue weighted by Crippen LogP contribution is 2.08. The van der Waals surface area contributed by atoms with Gasteiger partial charge in [0.2, 0.25) is 0 Å². The van der Waals surface area contributed by atoms with Crippen LogP contribution in [-0.2, 0) is 20.8 Å². The first-order chi connectivity index (χ1) is 8.34. The van der Waals surface area contributed by atoms with Gasteiger partial charge in [-0.25, -0.2) is 0 Å². The molecule has 0 saturated carbocycles. The lowest BCUT2D eigenvalue weighted by atomic mass is 10.2. The molecular weight excluding hydrogens is 220 g/mol. The standard InChI is InChI=1S/C13H18O4/c14-12(8-16-9-13-10-17-13)7-15-6-11-4-2-1-3-5-11/h1-5,12-14H,6-10H2. The Morgan fingerprint density at radius 3 is 2.65 bits per heavy atom. The highest BCUT2D eigenvalue weighted by molar-refractivity contribution is 5.13. The maximum absolute atomic E-state index is 9.57. The van der Waals surface area contributed by atoms with Gasteiger partial charge in [0, 0.05) is 0 Å². The molecule has 1 heterocycles. The largest absolute Gasteiger partial charge is 0.388 e. The molecule has 94 valence electrons. The van der Waals surface area contributed by atoms with Crippen molar-refractivity contribution < 1.29 is 19.3 Å². The summed E-state index contributed by atoms with van der Waals surface area (Å²) in [5.74, 6) is 0. The fraction of sp³-hybridized carbons (Fsp3) is 0.538. The number of aliphatic hydroxyl groups is 1. The minimum atomic E-state index is -0.572. The summed E-state index contributed by atoms with van der Waals surface area (Å²) < 4.78 is 15.7. The molecule has 1 saturated heterocycles. The summed E-state index contributed by atoms with van der Waals surface area (Å²) in [6.07, 6.45) is -0.329. The number of hydrogen-bond acceptors (Lipinski definition) is 4. The molecule has 1 aliphatic rings. The fourth-order valence-electron chi connectivity index (χ4n) is 1.43. The van der Waals surface area contributed by atoms with Gasteiger partial charge in [-0.05, 0) is 5.56 Å². The molecule has 0 bridgehead atoms. The highest BCUT2D eigenvalue weighted by atomic mass is 16.6. The molecule has 0 aromatic heterocycles. The normalized spacial score (nSPS) is 20.2.